The predicted octanol–water partition coefficient (Wildman–Crippen LogP) is 3.58. The van der Waals surface area contributed by atoms with Gasteiger partial charge in [0, 0.05) is 12.6 Å². The molecule has 4 rings (SSSR count). The third-order valence-electron chi connectivity index (χ3n) is 3.88. The van der Waals surface area contributed by atoms with Crippen LogP contribution in [0.4, 0.5) is 5.82 Å². The van der Waals surface area contributed by atoms with Crippen molar-refractivity contribution >= 4 is 5.82 Å². The molecule has 5 nitrogen and oxygen atoms in total. The normalized spacial score (nSPS) is 12.8. The third-order valence-corrected chi connectivity index (χ3v) is 3.88. The topological polar surface area (TPSA) is 73.1 Å². The number of anilines is 1. The SMILES string of the molecule is Nc1ccc(CNC2CC2)nn1.c1ccc(COc2ccccc2)cc1. The zero-order valence-corrected chi connectivity index (χ0v) is 14.7. The Morgan fingerprint density at radius 1 is 0.885 bits per heavy atom. The number of para-hydroxylation sites is 1. The second-order valence-electron chi connectivity index (χ2n) is 6.19. The maximum absolute atomic E-state index is 5.59. The molecule has 0 atom stereocenters. The van der Waals surface area contributed by atoms with Gasteiger partial charge in [-0.1, -0.05) is 48.5 Å². The summed E-state index contributed by atoms with van der Waals surface area (Å²) in [7, 11) is 0. The van der Waals surface area contributed by atoms with E-state index >= 15 is 0 Å². The molecule has 1 heterocycles. The molecule has 26 heavy (non-hydrogen) atoms. The van der Waals surface area contributed by atoms with Crippen molar-refractivity contribution in [3.63, 3.8) is 0 Å². The molecule has 134 valence electrons. The van der Waals surface area contributed by atoms with E-state index in [9.17, 15) is 0 Å². The van der Waals surface area contributed by atoms with Crippen molar-refractivity contribution in [1.82, 2.24) is 15.5 Å². The van der Waals surface area contributed by atoms with Crippen molar-refractivity contribution in [1.29, 1.82) is 0 Å². The van der Waals surface area contributed by atoms with Crippen LogP contribution in [0.15, 0.2) is 72.8 Å². The lowest BCUT2D eigenvalue weighted by molar-refractivity contribution is 0.306. The molecule has 1 aliphatic rings. The van der Waals surface area contributed by atoms with Crippen LogP contribution in [0.2, 0.25) is 0 Å². The van der Waals surface area contributed by atoms with E-state index in [0.717, 1.165) is 18.0 Å². The van der Waals surface area contributed by atoms with Crippen molar-refractivity contribution in [2.45, 2.75) is 32.0 Å². The minimum atomic E-state index is 0.477. The summed E-state index contributed by atoms with van der Waals surface area (Å²) in [6, 6.07) is 24.4. The monoisotopic (exact) mass is 348 g/mol. The Morgan fingerprint density at radius 2 is 1.58 bits per heavy atom. The fourth-order valence-corrected chi connectivity index (χ4v) is 2.26. The van der Waals surface area contributed by atoms with E-state index in [2.05, 4.69) is 27.6 Å². The summed E-state index contributed by atoms with van der Waals surface area (Å²) in [5.74, 6) is 1.39. The molecule has 1 aliphatic carbocycles. The Hall–Kier alpha value is -2.92. The van der Waals surface area contributed by atoms with Gasteiger partial charge in [0.05, 0.1) is 5.69 Å². The van der Waals surface area contributed by atoms with Gasteiger partial charge in [-0.15, -0.1) is 5.10 Å². The minimum Gasteiger partial charge on any atom is -0.489 e. The third kappa shape index (κ3) is 6.53. The summed E-state index contributed by atoms with van der Waals surface area (Å²) in [4.78, 5) is 0. The van der Waals surface area contributed by atoms with Crippen LogP contribution in [0.3, 0.4) is 0 Å². The first-order valence-electron chi connectivity index (χ1n) is 8.83. The summed E-state index contributed by atoms with van der Waals surface area (Å²) in [5.41, 5.74) is 7.55. The van der Waals surface area contributed by atoms with Crippen LogP contribution < -0.4 is 15.8 Å². The number of benzene rings is 2. The van der Waals surface area contributed by atoms with E-state index in [-0.39, 0.29) is 0 Å². The summed E-state index contributed by atoms with van der Waals surface area (Å²) < 4.78 is 5.59. The molecule has 0 radical (unpaired) electrons. The highest BCUT2D eigenvalue weighted by molar-refractivity contribution is 5.25. The number of nitrogen functional groups attached to an aromatic ring is 1. The number of hydrogen-bond acceptors (Lipinski definition) is 5. The predicted molar refractivity (Wildman–Crippen MR) is 104 cm³/mol. The maximum Gasteiger partial charge on any atom is 0.146 e. The smallest absolute Gasteiger partial charge is 0.146 e. The van der Waals surface area contributed by atoms with Crippen molar-refractivity contribution < 1.29 is 4.74 Å². The Bertz CT molecular complexity index is 720. The van der Waals surface area contributed by atoms with Gasteiger partial charge in [-0.25, -0.2) is 0 Å². The molecule has 0 amide bonds. The van der Waals surface area contributed by atoms with Gasteiger partial charge in [-0.3, -0.25) is 0 Å². The molecule has 3 aromatic rings. The largest absolute Gasteiger partial charge is 0.489 e. The summed E-state index contributed by atoms with van der Waals surface area (Å²) >= 11 is 0. The van der Waals surface area contributed by atoms with E-state index in [1.54, 1.807) is 6.07 Å². The van der Waals surface area contributed by atoms with Crippen molar-refractivity contribution in [3.8, 4) is 5.75 Å². The van der Waals surface area contributed by atoms with Crippen molar-refractivity contribution in [2.75, 3.05) is 5.73 Å². The lowest BCUT2D eigenvalue weighted by atomic mass is 10.2. The Balaban J connectivity index is 0.000000152. The number of nitrogens with zero attached hydrogens (tertiary/aromatic N) is 2. The molecule has 0 aliphatic heterocycles. The number of hydrogen-bond donors (Lipinski definition) is 2. The van der Waals surface area contributed by atoms with Crippen LogP contribution in [0.25, 0.3) is 0 Å². The highest BCUT2D eigenvalue weighted by atomic mass is 16.5. The molecular weight excluding hydrogens is 324 g/mol. The average Bonchev–Trinajstić information content (AvgIpc) is 3.53. The number of nitrogens with one attached hydrogen (secondary N) is 1. The van der Waals surface area contributed by atoms with E-state index in [0.29, 0.717) is 18.5 Å². The number of nitrogens with two attached hydrogens (primary N) is 1. The fourth-order valence-electron chi connectivity index (χ4n) is 2.26. The van der Waals surface area contributed by atoms with Gasteiger partial charge in [0.15, 0.2) is 0 Å². The van der Waals surface area contributed by atoms with E-state index < -0.39 is 0 Å². The van der Waals surface area contributed by atoms with Gasteiger partial charge < -0.3 is 15.8 Å². The zero-order chi connectivity index (χ0) is 18.0. The molecule has 1 saturated carbocycles. The standard InChI is InChI=1S/C13H12O.C8H12N4/c1-3-7-12(8-4-1)11-14-13-9-5-2-6-10-13;9-8-4-3-7(11-12-8)5-10-6-1-2-6/h1-10H,11H2;3-4,6,10H,1-2,5H2,(H2,9,12). The Labute approximate surface area is 154 Å². The van der Waals surface area contributed by atoms with Gasteiger partial charge in [0.1, 0.15) is 18.2 Å². The number of ether oxygens (including phenoxy) is 1. The second-order valence-corrected chi connectivity index (χ2v) is 6.19. The summed E-state index contributed by atoms with van der Waals surface area (Å²) in [6.45, 7) is 1.43. The molecule has 1 aromatic heterocycles. The Kier molecular flexibility index (Phi) is 6.56. The maximum atomic E-state index is 5.59. The first-order valence-corrected chi connectivity index (χ1v) is 8.83. The van der Waals surface area contributed by atoms with Crippen LogP contribution in [-0.4, -0.2) is 16.2 Å². The lowest BCUT2D eigenvalue weighted by Crippen LogP contribution is -2.16. The molecule has 0 unspecified atom stereocenters. The molecule has 2 aromatic carbocycles. The van der Waals surface area contributed by atoms with Crippen molar-refractivity contribution in [2.24, 2.45) is 0 Å². The highest BCUT2D eigenvalue weighted by Crippen LogP contribution is 2.18. The average molecular weight is 348 g/mol. The van der Waals surface area contributed by atoms with Crippen LogP contribution in [0, 0.1) is 0 Å². The van der Waals surface area contributed by atoms with Gasteiger partial charge in [-0.2, -0.15) is 5.10 Å². The molecule has 0 saturated heterocycles. The summed E-state index contributed by atoms with van der Waals surface area (Å²) in [5, 5.41) is 11.1. The van der Waals surface area contributed by atoms with E-state index in [1.165, 1.54) is 18.4 Å². The number of rotatable bonds is 6. The zero-order valence-electron chi connectivity index (χ0n) is 14.7. The second kappa shape index (κ2) is 9.53. The van der Waals surface area contributed by atoms with Gasteiger partial charge in [0.2, 0.25) is 0 Å². The van der Waals surface area contributed by atoms with Crippen LogP contribution in [-0.2, 0) is 13.2 Å². The van der Waals surface area contributed by atoms with Crippen LogP contribution in [0.5, 0.6) is 5.75 Å². The first kappa shape index (κ1) is 17.9. The van der Waals surface area contributed by atoms with E-state index in [4.69, 9.17) is 10.5 Å². The molecule has 0 bridgehead atoms. The Morgan fingerprint density at radius 3 is 2.19 bits per heavy atom. The molecule has 5 heteroatoms. The van der Waals surface area contributed by atoms with Gasteiger partial charge in [-0.05, 0) is 42.7 Å². The summed E-state index contributed by atoms with van der Waals surface area (Å²) in [6.07, 6.45) is 2.59. The van der Waals surface area contributed by atoms with Crippen LogP contribution >= 0.6 is 0 Å². The molecule has 3 N–H and O–H groups in total. The lowest BCUT2D eigenvalue weighted by Gasteiger charge is -2.05. The molecule has 1 fully saturated rings. The van der Waals surface area contributed by atoms with Crippen molar-refractivity contribution in [3.05, 3.63) is 84.1 Å². The molecule has 0 spiro atoms. The first-order chi connectivity index (χ1) is 12.8. The fraction of sp³-hybridized carbons (Fsp3) is 0.238. The minimum absolute atomic E-state index is 0.477. The van der Waals surface area contributed by atoms with Crippen LogP contribution in [0.1, 0.15) is 24.1 Å². The van der Waals surface area contributed by atoms with Gasteiger partial charge in [0.25, 0.3) is 0 Å². The quantitative estimate of drug-likeness (QED) is 0.712. The van der Waals surface area contributed by atoms with E-state index in [1.807, 2.05) is 54.6 Å². The number of aromatic nitrogens is 2. The van der Waals surface area contributed by atoms with Gasteiger partial charge >= 0.3 is 0 Å². The molecular formula is C21H24N4O. The highest BCUT2D eigenvalue weighted by Gasteiger charge is 2.20.